The number of halogens is 1. The highest BCUT2D eigenvalue weighted by Crippen LogP contribution is 2.28. The minimum atomic E-state index is -3.36. The summed E-state index contributed by atoms with van der Waals surface area (Å²) < 4.78 is 37.3. The minimum absolute atomic E-state index is 0.138. The highest BCUT2D eigenvalue weighted by atomic mass is 32.2. The Hall–Kier alpha value is -2.85. The van der Waals surface area contributed by atoms with Gasteiger partial charge in [0, 0.05) is 6.26 Å². The molecule has 0 spiro atoms. The van der Waals surface area contributed by atoms with Gasteiger partial charge in [-0.05, 0) is 30.3 Å². The molecule has 0 aliphatic carbocycles. The number of benzene rings is 2. The van der Waals surface area contributed by atoms with Crippen LogP contribution >= 0.6 is 11.3 Å². The number of nitrogens with one attached hydrogen (secondary N) is 2. The molecule has 0 unspecified atom stereocenters. The van der Waals surface area contributed by atoms with Crippen LogP contribution < -0.4 is 10.6 Å². The fraction of sp³-hybridized carbons (Fsp3) is 0.0625. The Morgan fingerprint density at radius 3 is 2.58 bits per heavy atom. The minimum Gasteiger partial charge on any atom is -0.283 e. The molecule has 3 aromatic rings. The molecular formula is C16H12FN3O4S2. The van der Waals surface area contributed by atoms with Crippen LogP contribution in [0, 0.1) is 5.82 Å². The number of imide groups is 1. The number of aromatic nitrogens is 1. The van der Waals surface area contributed by atoms with Crippen molar-refractivity contribution in [1.29, 1.82) is 0 Å². The van der Waals surface area contributed by atoms with Crippen LogP contribution in [-0.4, -0.2) is 31.6 Å². The molecular weight excluding hydrogens is 381 g/mol. The third-order valence-corrected chi connectivity index (χ3v) is 5.40. The SMILES string of the molecule is CS(=O)(=O)c1ccc2nc(NC(=O)NC(=O)c3ccccc3F)sc2c1. The third kappa shape index (κ3) is 3.86. The number of urea groups is 1. The average Bonchev–Trinajstić information content (AvgIpc) is 2.95. The smallest absolute Gasteiger partial charge is 0.283 e. The number of amides is 3. The van der Waals surface area contributed by atoms with E-state index in [1.165, 1.54) is 36.4 Å². The van der Waals surface area contributed by atoms with Gasteiger partial charge in [-0.3, -0.25) is 15.4 Å². The van der Waals surface area contributed by atoms with Crippen molar-refractivity contribution in [2.24, 2.45) is 0 Å². The van der Waals surface area contributed by atoms with E-state index in [9.17, 15) is 22.4 Å². The van der Waals surface area contributed by atoms with E-state index in [4.69, 9.17) is 0 Å². The molecule has 0 aliphatic rings. The zero-order chi connectivity index (χ0) is 18.9. The van der Waals surface area contributed by atoms with E-state index < -0.39 is 27.6 Å². The van der Waals surface area contributed by atoms with Crippen molar-refractivity contribution in [1.82, 2.24) is 10.3 Å². The number of hydrogen-bond acceptors (Lipinski definition) is 6. The largest absolute Gasteiger partial charge is 0.327 e. The molecule has 0 bridgehead atoms. The maximum atomic E-state index is 13.5. The predicted molar refractivity (Wildman–Crippen MR) is 95.6 cm³/mol. The van der Waals surface area contributed by atoms with E-state index in [1.807, 2.05) is 5.32 Å². The number of thiazole rings is 1. The van der Waals surface area contributed by atoms with Gasteiger partial charge in [0.05, 0.1) is 20.7 Å². The van der Waals surface area contributed by atoms with Gasteiger partial charge in [-0.15, -0.1) is 0 Å². The highest BCUT2D eigenvalue weighted by molar-refractivity contribution is 7.90. The lowest BCUT2D eigenvalue weighted by Gasteiger charge is -2.04. The van der Waals surface area contributed by atoms with Crippen molar-refractivity contribution in [2.75, 3.05) is 11.6 Å². The summed E-state index contributed by atoms with van der Waals surface area (Å²) in [5.74, 6) is -1.63. The molecule has 2 N–H and O–H groups in total. The standard InChI is InChI=1S/C16H12FN3O4S2/c1-26(23,24)9-6-7-12-13(8-9)25-16(18-12)20-15(22)19-14(21)10-4-2-3-5-11(10)17/h2-8H,1H3,(H2,18,19,20,21,22). The molecule has 10 heteroatoms. The maximum absolute atomic E-state index is 13.5. The lowest BCUT2D eigenvalue weighted by Crippen LogP contribution is -2.34. The summed E-state index contributed by atoms with van der Waals surface area (Å²) in [7, 11) is -3.36. The second kappa shape index (κ2) is 6.81. The molecule has 134 valence electrons. The van der Waals surface area contributed by atoms with Gasteiger partial charge < -0.3 is 0 Å². The maximum Gasteiger partial charge on any atom is 0.327 e. The molecule has 26 heavy (non-hydrogen) atoms. The summed E-state index contributed by atoms with van der Waals surface area (Å²) in [6.07, 6.45) is 1.09. The molecule has 0 saturated heterocycles. The summed E-state index contributed by atoms with van der Waals surface area (Å²) in [5.41, 5.74) is 0.239. The molecule has 0 atom stereocenters. The van der Waals surface area contributed by atoms with Gasteiger partial charge in [0.25, 0.3) is 5.91 Å². The summed E-state index contributed by atoms with van der Waals surface area (Å²) in [6.45, 7) is 0. The van der Waals surface area contributed by atoms with Crippen LogP contribution in [0.2, 0.25) is 0 Å². The Kier molecular flexibility index (Phi) is 4.70. The molecule has 1 aromatic heterocycles. The highest BCUT2D eigenvalue weighted by Gasteiger charge is 2.16. The number of sulfone groups is 1. The topological polar surface area (TPSA) is 105 Å². The zero-order valence-electron chi connectivity index (χ0n) is 13.3. The quantitative estimate of drug-likeness (QED) is 0.712. The third-order valence-electron chi connectivity index (χ3n) is 3.35. The fourth-order valence-electron chi connectivity index (χ4n) is 2.13. The Labute approximate surface area is 151 Å². The number of hydrogen-bond donors (Lipinski definition) is 2. The normalized spacial score (nSPS) is 11.3. The van der Waals surface area contributed by atoms with E-state index in [0.29, 0.717) is 10.2 Å². The molecule has 3 rings (SSSR count). The Balaban J connectivity index is 1.75. The Morgan fingerprint density at radius 1 is 1.15 bits per heavy atom. The second-order valence-electron chi connectivity index (χ2n) is 5.31. The fourth-order valence-corrected chi connectivity index (χ4v) is 3.76. The summed E-state index contributed by atoms with van der Waals surface area (Å²) in [4.78, 5) is 28.1. The molecule has 2 aromatic carbocycles. The molecule has 7 nitrogen and oxygen atoms in total. The Bertz CT molecular complexity index is 1130. The molecule has 0 aliphatic heterocycles. The van der Waals surface area contributed by atoms with Crippen LogP contribution in [0.1, 0.15) is 10.4 Å². The van der Waals surface area contributed by atoms with Crippen LogP contribution in [0.25, 0.3) is 10.2 Å². The van der Waals surface area contributed by atoms with E-state index in [2.05, 4.69) is 10.3 Å². The van der Waals surface area contributed by atoms with Gasteiger partial charge in [0.2, 0.25) is 0 Å². The molecule has 3 amide bonds. The van der Waals surface area contributed by atoms with Gasteiger partial charge in [-0.1, -0.05) is 23.5 Å². The van der Waals surface area contributed by atoms with E-state index in [0.717, 1.165) is 23.7 Å². The molecule has 0 radical (unpaired) electrons. The van der Waals surface area contributed by atoms with Crippen molar-refractivity contribution in [3.8, 4) is 0 Å². The molecule has 0 fully saturated rings. The number of carbonyl (C=O) groups is 2. The lowest BCUT2D eigenvalue weighted by molar-refractivity contribution is 0.0963. The Morgan fingerprint density at radius 2 is 1.88 bits per heavy atom. The molecule has 1 heterocycles. The van der Waals surface area contributed by atoms with E-state index in [-0.39, 0.29) is 15.6 Å². The number of carbonyl (C=O) groups excluding carboxylic acids is 2. The van der Waals surface area contributed by atoms with Crippen LogP contribution in [0.15, 0.2) is 47.4 Å². The first-order valence-electron chi connectivity index (χ1n) is 7.21. The number of rotatable bonds is 3. The van der Waals surface area contributed by atoms with Crippen LogP contribution in [0.3, 0.4) is 0 Å². The molecule has 0 saturated carbocycles. The second-order valence-corrected chi connectivity index (χ2v) is 8.36. The summed E-state index contributed by atoms with van der Waals surface area (Å²) >= 11 is 1.05. The summed E-state index contributed by atoms with van der Waals surface area (Å²) in [6, 6.07) is 8.79. The lowest BCUT2D eigenvalue weighted by atomic mass is 10.2. The first-order valence-corrected chi connectivity index (χ1v) is 9.92. The predicted octanol–water partition coefficient (Wildman–Crippen LogP) is 2.80. The van der Waals surface area contributed by atoms with Crippen molar-refractivity contribution >= 4 is 48.5 Å². The first-order chi connectivity index (χ1) is 12.2. The van der Waals surface area contributed by atoms with Crippen molar-refractivity contribution < 1.29 is 22.4 Å². The number of fused-ring (bicyclic) bond motifs is 1. The van der Waals surface area contributed by atoms with Gasteiger partial charge >= 0.3 is 6.03 Å². The van der Waals surface area contributed by atoms with Gasteiger partial charge in [0.15, 0.2) is 15.0 Å². The van der Waals surface area contributed by atoms with Crippen molar-refractivity contribution in [3.63, 3.8) is 0 Å². The first kappa shape index (κ1) is 18.0. The van der Waals surface area contributed by atoms with Crippen LogP contribution in [0.5, 0.6) is 0 Å². The number of anilines is 1. The van der Waals surface area contributed by atoms with Crippen molar-refractivity contribution in [2.45, 2.75) is 4.90 Å². The monoisotopic (exact) mass is 393 g/mol. The van der Waals surface area contributed by atoms with Gasteiger partial charge in [-0.2, -0.15) is 0 Å². The van der Waals surface area contributed by atoms with Gasteiger partial charge in [0.1, 0.15) is 5.82 Å². The number of nitrogens with zero attached hydrogens (tertiary/aromatic N) is 1. The van der Waals surface area contributed by atoms with Crippen molar-refractivity contribution in [3.05, 3.63) is 53.8 Å². The zero-order valence-corrected chi connectivity index (χ0v) is 14.9. The summed E-state index contributed by atoms with van der Waals surface area (Å²) in [5, 5.41) is 4.55. The van der Waals surface area contributed by atoms with E-state index >= 15 is 0 Å². The van der Waals surface area contributed by atoms with Crippen LogP contribution in [0.4, 0.5) is 14.3 Å². The van der Waals surface area contributed by atoms with Gasteiger partial charge in [-0.25, -0.2) is 22.6 Å². The van der Waals surface area contributed by atoms with Crippen LogP contribution in [-0.2, 0) is 9.84 Å². The van der Waals surface area contributed by atoms with E-state index in [1.54, 1.807) is 0 Å². The average molecular weight is 393 g/mol.